The van der Waals surface area contributed by atoms with Gasteiger partial charge in [0, 0.05) is 19.6 Å². The maximum Gasteiger partial charge on any atom is 0.120 e. The molecule has 0 aliphatic carbocycles. The zero-order chi connectivity index (χ0) is 8.36. The zero-order valence-electron chi connectivity index (χ0n) is 7.04. The average Bonchev–Trinajstić information content (AvgIpc) is 2.03. The van der Waals surface area contributed by atoms with Gasteiger partial charge in [0.05, 0.1) is 13.2 Å². The summed E-state index contributed by atoms with van der Waals surface area (Å²) >= 11 is 0. The second kappa shape index (κ2) is 9.59. The number of rotatable bonds is 8. The highest BCUT2D eigenvalue weighted by Crippen LogP contribution is 1.86. The molecular formula is C8H16O3. The molecule has 0 aliphatic rings. The van der Waals surface area contributed by atoms with E-state index in [0.29, 0.717) is 26.2 Å². The topological polar surface area (TPSA) is 35.5 Å². The molecule has 0 bridgehead atoms. The van der Waals surface area contributed by atoms with Crippen LogP contribution >= 0.6 is 0 Å². The number of carbonyl (C=O) groups is 1. The number of aldehydes is 1. The standard InChI is InChI=1S/C8H16O3/c1-2-10-7-8-11-6-4-3-5-9/h5H,2-4,6-8H2,1H3. The Morgan fingerprint density at radius 2 is 1.91 bits per heavy atom. The van der Waals surface area contributed by atoms with Crippen molar-refractivity contribution in [3.05, 3.63) is 0 Å². The van der Waals surface area contributed by atoms with Gasteiger partial charge in [0.25, 0.3) is 0 Å². The van der Waals surface area contributed by atoms with Crippen molar-refractivity contribution in [3.8, 4) is 0 Å². The van der Waals surface area contributed by atoms with Crippen molar-refractivity contribution in [1.29, 1.82) is 0 Å². The summed E-state index contributed by atoms with van der Waals surface area (Å²) in [5, 5.41) is 0. The first-order valence-corrected chi connectivity index (χ1v) is 4.01. The third kappa shape index (κ3) is 9.59. The molecule has 0 radical (unpaired) electrons. The van der Waals surface area contributed by atoms with Crippen LogP contribution in [-0.4, -0.2) is 32.7 Å². The SMILES string of the molecule is CCOCCOCCCC=O. The van der Waals surface area contributed by atoms with E-state index in [1.807, 2.05) is 6.92 Å². The van der Waals surface area contributed by atoms with Crippen molar-refractivity contribution in [3.63, 3.8) is 0 Å². The molecular weight excluding hydrogens is 144 g/mol. The van der Waals surface area contributed by atoms with Gasteiger partial charge in [0.15, 0.2) is 0 Å². The van der Waals surface area contributed by atoms with Gasteiger partial charge in [0.2, 0.25) is 0 Å². The third-order valence-electron chi connectivity index (χ3n) is 1.19. The number of unbranched alkanes of at least 4 members (excludes halogenated alkanes) is 1. The lowest BCUT2D eigenvalue weighted by Gasteiger charge is -2.01. The average molecular weight is 160 g/mol. The highest BCUT2D eigenvalue weighted by atomic mass is 16.5. The third-order valence-corrected chi connectivity index (χ3v) is 1.19. The van der Waals surface area contributed by atoms with Crippen LogP contribution in [0.5, 0.6) is 0 Å². The van der Waals surface area contributed by atoms with Gasteiger partial charge in [-0.15, -0.1) is 0 Å². The summed E-state index contributed by atoms with van der Waals surface area (Å²) < 4.78 is 10.2. The highest BCUT2D eigenvalue weighted by Gasteiger charge is 1.87. The molecule has 0 saturated heterocycles. The van der Waals surface area contributed by atoms with Gasteiger partial charge in [-0.2, -0.15) is 0 Å². The lowest BCUT2D eigenvalue weighted by atomic mass is 10.3. The molecule has 0 atom stereocenters. The lowest BCUT2D eigenvalue weighted by molar-refractivity contribution is -0.108. The summed E-state index contributed by atoms with van der Waals surface area (Å²) in [4.78, 5) is 9.86. The van der Waals surface area contributed by atoms with E-state index >= 15 is 0 Å². The van der Waals surface area contributed by atoms with Crippen LogP contribution in [0, 0.1) is 0 Å². The fourth-order valence-corrected chi connectivity index (χ4v) is 0.633. The molecule has 0 aromatic carbocycles. The molecule has 0 amide bonds. The molecule has 0 unspecified atom stereocenters. The lowest BCUT2D eigenvalue weighted by Crippen LogP contribution is -2.04. The predicted octanol–water partition coefficient (Wildman–Crippen LogP) is 1.02. The van der Waals surface area contributed by atoms with Gasteiger partial charge in [-0.3, -0.25) is 0 Å². The Hall–Kier alpha value is -0.410. The van der Waals surface area contributed by atoms with Crippen molar-refractivity contribution in [2.75, 3.05) is 26.4 Å². The minimum atomic E-state index is 0.592. The van der Waals surface area contributed by atoms with Crippen molar-refractivity contribution in [2.45, 2.75) is 19.8 Å². The minimum Gasteiger partial charge on any atom is -0.379 e. The summed E-state index contributed by atoms with van der Waals surface area (Å²) in [7, 11) is 0. The van der Waals surface area contributed by atoms with Crippen LogP contribution in [0.3, 0.4) is 0 Å². The van der Waals surface area contributed by atoms with E-state index in [0.717, 1.165) is 19.3 Å². The van der Waals surface area contributed by atoms with Crippen LogP contribution in [0.1, 0.15) is 19.8 Å². The first-order chi connectivity index (χ1) is 5.41. The molecule has 0 fully saturated rings. The first kappa shape index (κ1) is 10.6. The fourth-order valence-electron chi connectivity index (χ4n) is 0.633. The van der Waals surface area contributed by atoms with E-state index in [-0.39, 0.29) is 0 Å². The van der Waals surface area contributed by atoms with E-state index in [2.05, 4.69) is 0 Å². The molecule has 0 aromatic rings. The summed E-state index contributed by atoms with van der Waals surface area (Å²) in [6.45, 7) is 4.63. The largest absolute Gasteiger partial charge is 0.379 e. The Bertz CT molecular complexity index is 83.4. The van der Waals surface area contributed by atoms with Crippen LogP contribution in [0.15, 0.2) is 0 Å². The van der Waals surface area contributed by atoms with Gasteiger partial charge in [-0.05, 0) is 13.3 Å². The Morgan fingerprint density at radius 1 is 1.18 bits per heavy atom. The van der Waals surface area contributed by atoms with Gasteiger partial charge in [-0.25, -0.2) is 0 Å². The molecule has 66 valence electrons. The fraction of sp³-hybridized carbons (Fsp3) is 0.875. The van der Waals surface area contributed by atoms with Crippen molar-refractivity contribution in [1.82, 2.24) is 0 Å². The molecule has 0 spiro atoms. The quantitative estimate of drug-likeness (QED) is 0.393. The van der Waals surface area contributed by atoms with Crippen molar-refractivity contribution in [2.24, 2.45) is 0 Å². The molecule has 11 heavy (non-hydrogen) atoms. The molecule has 3 heteroatoms. The van der Waals surface area contributed by atoms with Crippen molar-refractivity contribution >= 4 is 6.29 Å². The van der Waals surface area contributed by atoms with Crippen LogP contribution in [-0.2, 0) is 14.3 Å². The molecule has 0 saturated carbocycles. The number of hydrogen-bond acceptors (Lipinski definition) is 3. The normalized spacial score (nSPS) is 9.91. The molecule has 0 aromatic heterocycles. The second-order valence-electron chi connectivity index (χ2n) is 2.12. The second-order valence-corrected chi connectivity index (χ2v) is 2.12. The molecule has 0 aliphatic heterocycles. The Balaban J connectivity index is 2.74. The zero-order valence-corrected chi connectivity index (χ0v) is 7.04. The van der Waals surface area contributed by atoms with Gasteiger partial charge in [-0.1, -0.05) is 0 Å². The molecule has 3 nitrogen and oxygen atoms in total. The van der Waals surface area contributed by atoms with Crippen LogP contribution in [0.4, 0.5) is 0 Å². The smallest absolute Gasteiger partial charge is 0.120 e. The van der Waals surface area contributed by atoms with E-state index in [1.165, 1.54) is 0 Å². The maximum absolute atomic E-state index is 9.86. The minimum absolute atomic E-state index is 0.592. The molecule has 0 N–H and O–H groups in total. The van der Waals surface area contributed by atoms with Gasteiger partial charge < -0.3 is 14.3 Å². The van der Waals surface area contributed by atoms with Gasteiger partial charge >= 0.3 is 0 Å². The van der Waals surface area contributed by atoms with Crippen LogP contribution < -0.4 is 0 Å². The van der Waals surface area contributed by atoms with Crippen LogP contribution in [0.2, 0.25) is 0 Å². The van der Waals surface area contributed by atoms with Crippen molar-refractivity contribution < 1.29 is 14.3 Å². The Morgan fingerprint density at radius 3 is 2.55 bits per heavy atom. The summed E-state index contributed by atoms with van der Waals surface area (Å²) in [6.07, 6.45) is 2.32. The summed E-state index contributed by atoms with van der Waals surface area (Å²) in [5.74, 6) is 0. The Labute approximate surface area is 67.7 Å². The Kier molecular flexibility index (Phi) is 9.23. The molecule has 0 heterocycles. The van der Waals surface area contributed by atoms with E-state index in [9.17, 15) is 4.79 Å². The number of carbonyl (C=O) groups excluding carboxylic acids is 1. The summed E-state index contributed by atoms with van der Waals surface area (Å²) in [5.41, 5.74) is 0. The first-order valence-electron chi connectivity index (χ1n) is 4.01. The number of hydrogen-bond donors (Lipinski definition) is 0. The number of ether oxygens (including phenoxy) is 2. The molecule has 0 rings (SSSR count). The van der Waals surface area contributed by atoms with E-state index < -0.39 is 0 Å². The van der Waals surface area contributed by atoms with Gasteiger partial charge in [0.1, 0.15) is 6.29 Å². The highest BCUT2D eigenvalue weighted by molar-refractivity contribution is 5.48. The van der Waals surface area contributed by atoms with E-state index in [4.69, 9.17) is 9.47 Å². The van der Waals surface area contributed by atoms with E-state index in [1.54, 1.807) is 0 Å². The summed E-state index contributed by atoms with van der Waals surface area (Å²) in [6, 6.07) is 0. The maximum atomic E-state index is 9.86. The van der Waals surface area contributed by atoms with Crippen LogP contribution in [0.25, 0.3) is 0 Å². The predicted molar refractivity (Wildman–Crippen MR) is 42.6 cm³/mol. The monoisotopic (exact) mass is 160 g/mol.